The van der Waals surface area contributed by atoms with Crippen molar-refractivity contribution >= 4 is 23.3 Å². The van der Waals surface area contributed by atoms with Crippen molar-refractivity contribution in [2.45, 2.75) is 25.4 Å². The fourth-order valence-corrected chi connectivity index (χ4v) is 2.20. The van der Waals surface area contributed by atoms with Gasteiger partial charge in [0.25, 0.3) is 0 Å². The standard InChI is InChI=1S/C15H21ClN2O3/c16-12-4-6-13(7-5-12)18-15(19)17-8-2-9-20-11-14-3-1-10-21-14/h4-7,14H,1-3,8-11H2,(H2,17,18,19). The van der Waals surface area contributed by atoms with Crippen LogP contribution in [-0.2, 0) is 9.47 Å². The molecule has 2 N–H and O–H groups in total. The molecule has 0 bridgehead atoms. The van der Waals surface area contributed by atoms with Gasteiger partial charge in [-0.1, -0.05) is 11.6 Å². The molecule has 0 radical (unpaired) electrons. The minimum absolute atomic E-state index is 0.226. The van der Waals surface area contributed by atoms with Crippen molar-refractivity contribution in [3.63, 3.8) is 0 Å². The van der Waals surface area contributed by atoms with Crippen LogP contribution in [0.2, 0.25) is 5.02 Å². The van der Waals surface area contributed by atoms with Crippen LogP contribution < -0.4 is 10.6 Å². The van der Waals surface area contributed by atoms with E-state index in [2.05, 4.69) is 10.6 Å². The zero-order valence-electron chi connectivity index (χ0n) is 11.9. The van der Waals surface area contributed by atoms with Crippen LogP contribution in [0.4, 0.5) is 10.5 Å². The number of urea groups is 1. The van der Waals surface area contributed by atoms with E-state index in [1.165, 1.54) is 0 Å². The van der Waals surface area contributed by atoms with Gasteiger partial charge in [0.1, 0.15) is 0 Å². The number of rotatable bonds is 7. The van der Waals surface area contributed by atoms with Crippen LogP contribution in [0.3, 0.4) is 0 Å². The van der Waals surface area contributed by atoms with E-state index in [4.69, 9.17) is 21.1 Å². The summed E-state index contributed by atoms with van der Waals surface area (Å²) in [5, 5.41) is 6.16. The molecule has 1 aliphatic heterocycles. The summed E-state index contributed by atoms with van der Waals surface area (Å²) in [5.74, 6) is 0. The highest BCUT2D eigenvalue weighted by Gasteiger charge is 2.14. The number of ether oxygens (including phenoxy) is 2. The predicted octanol–water partition coefficient (Wildman–Crippen LogP) is 3.05. The lowest BCUT2D eigenvalue weighted by molar-refractivity contribution is 0.0168. The van der Waals surface area contributed by atoms with Crippen molar-refractivity contribution in [1.82, 2.24) is 5.32 Å². The van der Waals surface area contributed by atoms with Crippen molar-refractivity contribution in [2.24, 2.45) is 0 Å². The number of halogens is 1. The van der Waals surface area contributed by atoms with E-state index in [0.29, 0.717) is 30.5 Å². The van der Waals surface area contributed by atoms with Crippen LogP contribution in [0.5, 0.6) is 0 Å². The zero-order chi connectivity index (χ0) is 14.9. The zero-order valence-corrected chi connectivity index (χ0v) is 12.7. The topological polar surface area (TPSA) is 59.6 Å². The quantitative estimate of drug-likeness (QED) is 0.761. The monoisotopic (exact) mass is 312 g/mol. The largest absolute Gasteiger partial charge is 0.379 e. The lowest BCUT2D eigenvalue weighted by Crippen LogP contribution is -2.30. The molecule has 2 amide bonds. The Bertz CT molecular complexity index is 433. The van der Waals surface area contributed by atoms with Gasteiger partial charge < -0.3 is 20.1 Å². The summed E-state index contributed by atoms with van der Waals surface area (Å²) in [7, 11) is 0. The molecule has 1 aliphatic rings. The number of hydrogen-bond acceptors (Lipinski definition) is 3. The SMILES string of the molecule is O=C(NCCCOCC1CCCO1)Nc1ccc(Cl)cc1. The molecule has 1 saturated heterocycles. The van der Waals surface area contributed by atoms with Gasteiger partial charge in [-0.25, -0.2) is 4.79 Å². The molecule has 2 rings (SSSR count). The number of amides is 2. The third-order valence-electron chi connectivity index (χ3n) is 3.18. The first-order valence-electron chi connectivity index (χ1n) is 7.24. The van der Waals surface area contributed by atoms with Gasteiger partial charge in [-0.05, 0) is 43.5 Å². The maximum absolute atomic E-state index is 11.6. The van der Waals surface area contributed by atoms with Gasteiger partial charge in [-0.15, -0.1) is 0 Å². The number of carbonyl (C=O) groups is 1. The van der Waals surface area contributed by atoms with Gasteiger partial charge >= 0.3 is 6.03 Å². The highest BCUT2D eigenvalue weighted by molar-refractivity contribution is 6.30. The molecule has 5 nitrogen and oxygen atoms in total. The maximum atomic E-state index is 11.6. The van der Waals surface area contributed by atoms with Crippen LogP contribution in [0.1, 0.15) is 19.3 Å². The molecule has 1 unspecified atom stereocenters. The fourth-order valence-electron chi connectivity index (χ4n) is 2.08. The third-order valence-corrected chi connectivity index (χ3v) is 3.43. The van der Waals surface area contributed by atoms with E-state index in [1.807, 2.05) is 0 Å². The predicted molar refractivity (Wildman–Crippen MR) is 82.9 cm³/mol. The van der Waals surface area contributed by atoms with Crippen LogP contribution >= 0.6 is 11.6 Å². The Balaban J connectivity index is 1.49. The number of benzene rings is 1. The first kappa shape index (κ1) is 16.1. The van der Waals surface area contributed by atoms with Crippen LogP contribution in [0.15, 0.2) is 24.3 Å². The molecule has 116 valence electrons. The van der Waals surface area contributed by atoms with Gasteiger partial charge in [0, 0.05) is 30.5 Å². The van der Waals surface area contributed by atoms with E-state index in [1.54, 1.807) is 24.3 Å². The lowest BCUT2D eigenvalue weighted by Gasteiger charge is -2.10. The lowest BCUT2D eigenvalue weighted by atomic mass is 10.2. The minimum Gasteiger partial charge on any atom is -0.379 e. The van der Waals surface area contributed by atoms with E-state index in [-0.39, 0.29) is 12.1 Å². The highest BCUT2D eigenvalue weighted by Crippen LogP contribution is 2.13. The van der Waals surface area contributed by atoms with Crippen molar-refractivity contribution in [3.05, 3.63) is 29.3 Å². The smallest absolute Gasteiger partial charge is 0.319 e. The fraction of sp³-hybridized carbons (Fsp3) is 0.533. The summed E-state index contributed by atoms with van der Waals surface area (Å²) in [4.78, 5) is 11.6. The molecule has 0 spiro atoms. The van der Waals surface area contributed by atoms with Crippen molar-refractivity contribution in [3.8, 4) is 0 Å². The second-order valence-corrected chi connectivity index (χ2v) is 5.39. The Morgan fingerprint density at radius 2 is 2.19 bits per heavy atom. The first-order valence-corrected chi connectivity index (χ1v) is 7.61. The summed E-state index contributed by atoms with van der Waals surface area (Å²) < 4.78 is 11.0. The van der Waals surface area contributed by atoms with E-state index in [0.717, 1.165) is 25.9 Å². The average Bonchev–Trinajstić information content (AvgIpc) is 2.98. The number of carbonyl (C=O) groups excluding carboxylic acids is 1. The molecule has 1 aromatic rings. The summed E-state index contributed by atoms with van der Waals surface area (Å²) >= 11 is 5.78. The molecule has 6 heteroatoms. The molecule has 0 saturated carbocycles. The number of anilines is 1. The summed E-state index contributed by atoms with van der Waals surface area (Å²) in [6.45, 7) is 2.70. The normalized spacial score (nSPS) is 17.7. The van der Waals surface area contributed by atoms with Gasteiger partial charge in [-0.2, -0.15) is 0 Å². The van der Waals surface area contributed by atoms with Crippen LogP contribution in [-0.4, -0.2) is 38.5 Å². The Kier molecular flexibility index (Phi) is 6.79. The summed E-state index contributed by atoms with van der Waals surface area (Å²) in [6.07, 6.45) is 3.24. The molecular formula is C15H21ClN2O3. The molecule has 1 atom stereocenters. The van der Waals surface area contributed by atoms with Gasteiger partial charge in [0.05, 0.1) is 12.7 Å². The second kappa shape index (κ2) is 8.87. The molecule has 0 aromatic heterocycles. The van der Waals surface area contributed by atoms with Crippen molar-refractivity contribution in [2.75, 3.05) is 31.7 Å². The second-order valence-electron chi connectivity index (χ2n) is 4.95. The Morgan fingerprint density at radius 3 is 2.90 bits per heavy atom. The van der Waals surface area contributed by atoms with Crippen LogP contribution in [0.25, 0.3) is 0 Å². The maximum Gasteiger partial charge on any atom is 0.319 e. The summed E-state index contributed by atoms with van der Waals surface area (Å²) in [5.41, 5.74) is 0.714. The average molecular weight is 313 g/mol. The summed E-state index contributed by atoms with van der Waals surface area (Å²) in [6, 6.07) is 6.75. The van der Waals surface area contributed by atoms with Gasteiger partial charge in [0.2, 0.25) is 0 Å². The molecule has 1 fully saturated rings. The Morgan fingerprint density at radius 1 is 1.38 bits per heavy atom. The van der Waals surface area contributed by atoms with E-state index < -0.39 is 0 Å². The Labute approximate surface area is 130 Å². The molecule has 1 aromatic carbocycles. The van der Waals surface area contributed by atoms with Crippen molar-refractivity contribution < 1.29 is 14.3 Å². The van der Waals surface area contributed by atoms with Gasteiger partial charge in [-0.3, -0.25) is 0 Å². The van der Waals surface area contributed by atoms with E-state index in [9.17, 15) is 4.79 Å². The molecule has 0 aliphatic carbocycles. The van der Waals surface area contributed by atoms with E-state index >= 15 is 0 Å². The molecule has 21 heavy (non-hydrogen) atoms. The number of hydrogen-bond donors (Lipinski definition) is 2. The van der Waals surface area contributed by atoms with Crippen LogP contribution in [0, 0.1) is 0 Å². The first-order chi connectivity index (χ1) is 10.2. The number of nitrogens with one attached hydrogen (secondary N) is 2. The minimum atomic E-state index is -0.226. The third kappa shape index (κ3) is 6.33. The molecular weight excluding hydrogens is 292 g/mol. The Hall–Kier alpha value is -1.30. The van der Waals surface area contributed by atoms with Crippen molar-refractivity contribution in [1.29, 1.82) is 0 Å². The molecule has 1 heterocycles. The van der Waals surface area contributed by atoms with Gasteiger partial charge in [0.15, 0.2) is 0 Å². The highest BCUT2D eigenvalue weighted by atomic mass is 35.5.